The molecule has 0 aliphatic heterocycles. The molecule has 0 N–H and O–H groups in total. The molecule has 0 radical (unpaired) electrons. The fourth-order valence-corrected chi connectivity index (χ4v) is 1.38. The monoisotopic (exact) mass is 260 g/mol. The first-order chi connectivity index (χ1) is 7.93. The molecule has 1 heterocycles. The van der Waals surface area contributed by atoms with Crippen molar-refractivity contribution < 1.29 is 13.2 Å². The molecule has 98 valence electrons. The predicted octanol–water partition coefficient (Wildman–Crippen LogP) is 1.51. The molecule has 6 heteroatoms. The highest BCUT2D eigenvalue weighted by molar-refractivity contribution is 7.88. The number of aromatic nitrogens is 1. The van der Waals surface area contributed by atoms with Gasteiger partial charge in [-0.25, -0.2) is 17.7 Å². The molecule has 0 bridgehead atoms. The van der Waals surface area contributed by atoms with E-state index in [4.69, 9.17) is 4.74 Å². The minimum absolute atomic E-state index is 0.315. The molecule has 0 spiro atoms. The van der Waals surface area contributed by atoms with E-state index < -0.39 is 10.0 Å². The van der Waals surface area contributed by atoms with Crippen LogP contribution in [0, 0.1) is 0 Å². The summed E-state index contributed by atoms with van der Waals surface area (Å²) in [5.74, 6) is 0.515. The highest BCUT2D eigenvalue weighted by Crippen LogP contribution is 2.09. The molecular formula is C11H20N2O3S. The fraction of sp³-hybridized carbons (Fsp3) is 0.545. The summed E-state index contributed by atoms with van der Waals surface area (Å²) < 4.78 is 28.4. The number of ether oxygens (including phenoxy) is 1. The van der Waals surface area contributed by atoms with Crippen molar-refractivity contribution in [2.75, 3.05) is 20.4 Å². The van der Waals surface area contributed by atoms with Crippen LogP contribution in [0.15, 0.2) is 18.3 Å². The van der Waals surface area contributed by atoms with E-state index in [1.165, 1.54) is 24.7 Å². The van der Waals surface area contributed by atoms with Gasteiger partial charge in [0.2, 0.25) is 15.9 Å². The molecular weight excluding hydrogens is 240 g/mol. The van der Waals surface area contributed by atoms with Crippen molar-refractivity contribution in [2.45, 2.75) is 20.4 Å². The van der Waals surface area contributed by atoms with E-state index in [0.717, 1.165) is 5.56 Å². The van der Waals surface area contributed by atoms with Crippen molar-refractivity contribution in [1.82, 2.24) is 9.29 Å². The zero-order valence-corrected chi connectivity index (χ0v) is 11.8. The molecule has 0 aliphatic rings. The van der Waals surface area contributed by atoms with Gasteiger partial charge in [-0.2, -0.15) is 0 Å². The summed E-state index contributed by atoms with van der Waals surface area (Å²) in [6, 6.07) is 3.49. The summed E-state index contributed by atoms with van der Waals surface area (Å²) in [6.45, 7) is 4.32. The average molecular weight is 260 g/mol. The van der Waals surface area contributed by atoms with Crippen molar-refractivity contribution in [2.24, 2.45) is 0 Å². The minimum Gasteiger partial charge on any atom is -0.481 e. The largest absolute Gasteiger partial charge is 0.481 e. The van der Waals surface area contributed by atoms with Crippen LogP contribution >= 0.6 is 0 Å². The lowest BCUT2D eigenvalue weighted by Gasteiger charge is -2.13. The van der Waals surface area contributed by atoms with Gasteiger partial charge in [0.1, 0.15) is 0 Å². The summed E-state index contributed by atoms with van der Waals surface area (Å²) in [7, 11) is -0.0827. The van der Waals surface area contributed by atoms with Crippen molar-refractivity contribution >= 4 is 10.0 Å². The average Bonchev–Trinajstić information content (AvgIpc) is 2.31. The van der Waals surface area contributed by atoms with Gasteiger partial charge in [0, 0.05) is 25.9 Å². The highest BCUT2D eigenvalue weighted by atomic mass is 32.2. The van der Waals surface area contributed by atoms with Crippen LogP contribution in [0.3, 0.4) is 0 Å². The van der Waals surface area contributed by atoms with E-state index in [9.17, 15) is 8.42 Å². The first-order valence-electron chi connectivity index (χ1n) is 5.33. The van der Waals surface area contributed by atoms with Gasteiger partial charge in [0.05, 0.1) is 13.4 Å². The number of methoxy groups -OCH3 is 1. The number of sulfonamides is 1. The van der Waals surface area contributed by atoms with Crippen LogP contribution in [0.1, 0.15) is 19.4 Å². The standard InChI is InChI=1S/C9H14N2O3S.C2H6/c1-11(15(3,12)13)7-8-4-5-9(14-2)10-6-8;1-2/h4-6H,7H2,1-3H3;1-2H3. The third-order valence-electron chi connectivity index (χ3n) is 1.98. The Morgan fingerprint density at radius 2 is 1.94 bits per heavy atom. The lowest BCUT2D eigenvalue weighted by molar-refractivity contribution is 0.397. The Morgan fingerprint density at radius 3 is 2.29 bits per heavy atom. The van der Waals surface area contributed by atoms with Crippen molar-refractivity contribution in [1.29, 1.82) is 0 Å². The topological polar surface area (TPSA) is 59.5 Å². The molecule has 1 aromatic heterocycles. The fourth-order valence-electron chi connectivity index (χ4n) is 1.000. The molecule has 0 atom stereocenters. The van der Waals surface area contributed by atoms with Gasteiger partial charge < -0.3 is 4.74 Å². The van der Waals surface area contributed by atoms with E-state index in [1.807, 2.05) is 13.8 Å². The molecule has 0 amide bonds. The normalized spacial score (nSPS) is 10.7. The lowest BCUT2D eigenvalue weighted by Crippen LogP contribution is -2.24. The molecule has 1 aromatic rings. The summed E-state index contributed by atoms with van der Waals surface area (Å²) in [5.41, 5.74) is 0.823. The van der Waals surface area contributed by atoms with Gasteiger partial charge in [-0.3, -0.25) is 0 Å². The predicted molar refractivity (Wildman–Crippen MR) is 68.4 cm³/mol. The Labute approximate surface area is 103 Å². The first-order valence-corrected chi connectivity index (χ1v) is 7.18. The van der Waals surface area contributed by atoms with Crippen LogP contribution in [0.25, 0.3) is 0 Å². The maximum Gasteiger partial charge on any atom is 0.212 e. The van der Waals surface area contributed by atoms with Gasteiger partial charge >= 0.3 is 0 Å². The lowest BCUT2D eigenvalue weighted by atomic mass is 10.3. The van der Waals surface area contributed by atoms with E-state index in [2.05, 4.69) is 4.98 Å². The first kappa shape index (κ1) is 15.9. The van der Waals surface area contributed by atoms with Gasteiger partial charge in [-0.1, -0.05) is 19.9 Å². The van der Waals surface area contributed by atoms with E-state index in [0.29, 0.717) is 12.4 Å². The van der Waals surface area contributed by atoms with Gasteiger partial charge in [-0.15, -0.1) is 0 Å². The van der Waals surface area contributed by atoms with Gasteiger partial charge in [-0.05, 0) is 5.56 Å². The second kappa shape index (κ2) is 7.24. The molecule has 17 heavy (non-hydrogen) atoms. The molecule has 0 fully saturated rings. The molecule has 0 saturated carbocycles. The van der Waals surface area contributed by atoms with Gasteiger partial charge in [0.15, 0.2) is 0 Å². The van der Waals surface area contributed by atoms with Crippen molar-refractivity contribution in [3.63, 3.8) is 0 Å². The highest BCUT2D eigenvalue weighted by Gasteiger charge is 2.11. The number of pyridine rings is 1. The maximum absolute atomic E-state index is 11.1. The van der Waals surface area contributed by atoms with E-state index in [1.54, 1.807) is 18.3 Å². The van der Waals surface area contributed by atoms with Crippen LogP contribution in [0.5, 0.6) is 5.88 Å². The molecule has 0 aromatic carbocycles. The third-order valence-corrected chi connectivity index (χ3v) is 3.24. The molecule has 5 nitrogen and oxygen atoms in total. The van der Waals surface area contributed by atoms with E-state index in [-0.39, 0.29) is 0 Å². The third kappa shape index (κ3) is 5.65. The zero-order chi connectivity index (χ0) is 13.5. The molecule has 0 saturated heterocycles. The Bertz CT molecular complexity index is 415. The van der Waals surface area contributed by atoms with Crippen LogP contribution in [0.2, 0.25) is 0 Å². The molecule has 1 rings (SSSR count). The number of nitrogens with zero attached hydrogens (tertiary/aromatic N) is 2. The Balaban J connectivity index is 0.00000121. The SMILES string of the molecule is CC.COc1ccc(CN(C)S(C)(=O)=O)cn1. The van der Waals surface area contributed by atoms with Crippen molar-refractivity contribution in [3.8, 4) is 5.88 Å². The quantitative estimate of drug-likeness (QED) is 0.823. The smallest absolute Gasteiger partial charge is 0.212 e. The number of hydrogen-bond donors (Lipinski definition) is 0. The van der Waals surface area contributed by atoms with Crippen molar-refractivity contribution in [3.05, 3.63) is 23.9 Å². The number of hydrogen-bond acceptors (Lipinski definition) is 4. The zero-order valence-electron chi connectivity index (χ0n) is 11.0. The Kier molecular flexibility index (Phi) is 6.75. The minimum atomic E-state index is -3.14. The second-order valence-corrected chi connectivity index (χ2v) is 5.32. The Hall–Kier alpha value is -1.14. The molecule has 0 unspecified atom stereocenters. The number of rotatable bonds is 4. The summed E-state index contributed by atoms with van der Waals surface area (Å²) in [6.07, 6.45) is 2.77. The van der Waals surface area contributed by atoms with Gasteiger partial charge in [0.25, 0.3) is 0 Å². The summed E-state index contributed by atoms with van der Waals surface area (Å²) in [4.78, 5) is 3.99. The second-order valence-electron chi connectivity index (χ2n) is 3.23. The molecule has 0 aliphatic carbocycles. The van der Waals surface area contributed by atoms with Crippen LogP contribution in [0.4, 0.5) is 0 Å². The van der Waals surface area contributed by atoms with Crippen LogP contribution in [-0.2, 0) is 16.6 Å². The maximum atomic E-state index is 11.1. The summed E-state index contributed by atoms with van der Waals surface area (Å²) >= 11 is 0. The summed E-state index contributed by atoms with van der Waals surface area (Å²) in [5, 5.41) is 0. The van der Waals surface area contributed by atoms with E-state index >= 15 is 0 Å². The Morgan fingerprint density at radius 1 is 1.35 bits per heavy atom. The van der Waals surface area contributed by atoms with Crippen LogP contribution < -0.4 is 4.74 Å². The van der Waals surface area contributed by atoms with Crippen LogP contribution in [-0.4, -0.2) is 38.1 Å².